The summed E-state index contributed by atoms with van der Waals surface area (Å²) in [6, 6.07) is 13.4. The minimum atomic E-state index is -0.0255. The van der Waals surface area contributed by atoms with Crippen LogP contribution >= 0.6 is 23.4 Å². The van der Waals surface area contributed by atoms with E-state index in [1.165, 1.54) is 11.8 Å². The standard InChI is InChI=1S/C24H21ClN4O3S/c1-31-17-7-8-18(22(11-17)32-2)15-9-20-19(21(30)10-15)12-29-23(26-20)27-24(28-29)33-13-14-3-5-16(25)6-4-14/h3-8,11-12,15H,9-10,13H2,1-2H3/t15-/m0/s1. The van der Waals surface area contributed by atoms with Crippen LogP contribution in [0.4, 0.5) is 0 Å². The summed E-state index contributed by atoms with van der Waals surface area (Å²) in [4.78, 5) is 22.2. The first-order valence-electron chi connectivity index (χ1n) is 10.4. The smallest absolute Gasteiger partial charge is 0.253 e. The van der Waals surface area contributed by atoms with Gasteiger partial charge in [0.05, 0.1) is 25.5 Å². The van der Waals surface area contributed by atoms with Gasteiger partial charge in [-0.15, -0.1) is 5.10 Å². The van der Waals surface area contributed by atoms with Gasteiger partial charge in [0.2, 0.25) is 5.16 Å². The molecular weight excluding hydrogens is 460 g/mol. The fourth-order valence-corrected chi connectivity index (χ4v) is 4.94. The fourth-order valence-electron chi connectivity index (χ4n) is 4.03. The molecule has 0 aliphatic heterocycles. The molecule has 0 saturated carbocycles. The first-order chi connectivity index (χ1) is 16.0. The molecule has 0 saturated heterocycles. The molecule has 1 aliphatic rings. The van der Waals surface area contributed by atoms with Gasteiger partial charge < -0.3 is 9.47 Å². The van der Waals surface area contributed by atoms with Crippen molar-refractivity contribution >= 4 is 34.9 Å². The molecule has 0 amide bonds. The van der Waals surface area contributed by atoms with E-state index in [1.807, 2.05) is 42.5 Å². The Morgan fingerprint density at radius 2 is 1.91 bits per heavy atom. The Labute approximate surface area is 200 Å². The first kappa shape index (κ1) is 21.7. The number of nitrogens with zero attached hydrogens (tertiary/aromatic N) is 4. The largest absolute Gasteiger partial charge is 0.497 e. The van der Waals surface area contributed by atoms with Gasteiger partial charge in [-0.2, -0.15) is 4.98 Å². The van der Waals surface area contributed by atoms with E-state index in [4.69, 9.17) is 26.1 Å². The lowest BCUT2D eigenvalue weighted by molar-refractivity contribution is 0.0962. The monoisotopic (exact) mass is 480 g/mol. The van der Waals surface area contributed by atoms with Gasteiger partial charge in [0.1, 0.15) is 11.5 Å². The normalized spacial score (nSPS) is 15.5. The summed E-state index contributed by atoms with van der Waals surface area (Å²) in [5.41, 5.74) is 3.44. The van der Waals surface area contributed by atoms with Crippen LogP contribution in [0.1, 0.15) is 39.5 Å². The fraction of sp³-hybridized carbons (Fsp3) is 0.250. The number of Topliss-reactive ketones (excluding diaryl/α,β-unsaturated/α-hetero) is 1. The number of halogens is 1. The van der Waals surface area contributed by atoms with Gasteiger partial charge in [-0.3, -0.25) is 4.79 Å². The minimum Gasteiger partial charge on any atom is -0.497 e. The van der Waals surface area contributed by atoms with Gasteiger partial charge in [-0.25, -0.2) is 9.50 Å². The molecule has 0 unspecified atom stereocenters. The van der Waals surface area contributed by atoms with E-state index >= 15 is 0 Å². The van der Waals surface area contributed by atoms with Crippen molar-refractivity contribution in [2.45, 2.75) is 29.7 Å². The van der Waals surface area contributed by atoms with Crippen LogP contribution in [0.15, 0.2) is 53.8 Å². The van der Waals surface area contributed by atoms with Crippen LogP contribution in [0.3, 0.4) is 0 Å². The van der Waals surface area contributed by atoms with E-state index < -0.39 is 0 Å². The minimum absolute atomic E-state index is 0.0255. The number of ether oxygens (including phenoxy) is 2. The van der Waals surface area contributed by atoms with Crippen molar-refractivity contribution in [3.8, 4) is 11.5 Å². The third kappa shape index (κ3) is 4.41. The summed E-state index contributed by atoms with van der Waals surface area (Å²) < 4.78 is 12.4. The average molecular weight is 481 g/mol. The maximum absolute atomic E-state index is 13.0. The van der Waals surface area contributed by atoms with E-state index in [9.17, 15) is 4.79 Å². The lowest BCUT2D eigenvalue weighted by Crippen LogP contribution is -2.21. The average Bonchev–Trinajstić information content (AvgIpc) is 3.23. The Morgan fingerprint density at radius 1 is 1.09 bits per heavy atom. The maximum Gasteiger partial charge on any atom is 0.253 e. The summed E-state index contributed by atoms with van der Waals surface area (Å²) in [6.07, 6.45) is 2.76. The molecule has 1 atom stereocenters. The number of aromatic nitrogens is 4. The van der Waals surface area contributed by atoms with Crippen LogP contribution in [-0.4, -0.2) is 39.6 Å². The Morgan fingerprint density at radius 3 is 2.67 bits per heavy atom. The van der Waals surface area contributed by atoms with E-state index in [0.717, 1.165) is 16.8 Å². The van der Waals surface area contributed by atoms with Gasteiger partial charge in [0.25, 0.3) is 5.78 Å². The Bertz CT molecular complexity index is 1340. The van der Waals surface area contributed by atoms with Crippen molar-refractivity contribution in [1.82, 2.24) is 19.6 Å². The number of fused-ring (bicyclic) bond motifs is 2. The molecule has 9 heteroatoms. The Hall–Kier alpha value is -3.10. The second kappa shape index (κ2) is 9.03. The quantitative estimate of drug-likeness (QED) is 0.359. The van der Waals surface area contributed by atoms with Crippen molar-refractivity contribution in [1.29, 1.82) is 0 Å². The van der Waals surface area contributed by atoms with Gasteiger partial charge in [-0.1, -0.05) is 41.6 Å². The van der Waals surface area contributed by atoms with Crippen LogP contribution in [0.25, 0.3) is 5.78 Å². The molecule has 5 rings (SSSR count). The molecule has 7 nitrogen and oxygen atoms in total. The Balaban J connectivity index is 1.40. The van der Waals surface area contributed by atoms with Crippen molar-refractivity contribution in [2.75, 3.05) is 14.2 Å². The third-order valence-electron chi connectivity index (χ3n) is 5.72. The SMILES string of the molecule is COc1ccc([C@@H]2CC(=O)c3cn4nc(SCc5ccc(Cl)cc5)nc4nc3C2)c(OC)c1. The van der Waals surface area contributed by atoms with Crippen molar-refractivity contribution in [3.63, 3.8) is 0 Å². The number of benzene rings is 2. The van der Waals surface area contributed by atoms with Gasteiger partial charge in [0, 0.05) is 35.4 Å². The molecule has 0 radical (unpaired) electrons. The third-order valence-corrected chi connectivity index (χ3v) is 6.89. The molecule has 0 fully saturated rings. The molecule has 1 aliphatic carbocycles. The molecule has 2 aromatic heterocycles. The topological polar surface area (TPSA) is 78.6 Å². The second-order valence-corrected chi connectivity index (χ2v) is 9.17. The lowest BCUT2D eigenvalue weighted by Gasteiger charge is -2.24. The Kier molecular flexibility index (Phi) is 5.95. The van der Waals surface area contributed by atoms with Crippen LogP contribution < -0.4 is 9.47 Å². The zero-order chi connectivity index (χ0) is 22.9. The molecule has 0 spiro atoms. The molecule has 0 bridgehead atoms. The molecule has 4 aromatic rings. The second-order valence-electron chi connectivity index (χ2n) is 7.79. The number of hydrogen-bond acceptors (Lipinski definition) is 7. The highest BCUT2D eigenvalue weighted by Crippen LogP contribution is 2.38. The molecule has 168 valence electrons. The van der Waals surface area contributed by atoms with E-state index in [1.54, 1.807) is 24.9 Å². The number of carbonyl (C=O) groups excluding carboxylic acids is 1. The number of ketones is 1. The van der Waals surface area contributed by atoms with Gasteiger partial charge in [0.15, 0.2) is 5.78 Å². The summed E-state index contributed by atoms with van der Waals surface area (Å²) in [5.74, 6) is 2.64. The van der Waals surface area contributed by atoms with Crippen molar-refractivity contribution in [3.05, 3.63) is 76.1 Å². The molecule has 2 aromatic carbocycles. The predicted molar refractivity (Wildman–Crippen MR) is 127 cm³/mol. The molecule has 33 heavy (non-hydrogen) atoms. The van der Waals surface area contributed by atoms with E-state index in [-0.39, 0.29) is 11.7 Å². The van der Waals surface area contributed by atoms with Gasteiger partial charge >= 0.3 is 0 Å². The first-order valence-corrected chi connectivity index (χ1v) is 11.8. The number of hydrogen-bond donors (Lipinski definition) is 0. The number of carbonyl (C=O) groups is 1. The number of rotatable bonds is 6. The molecule has 2 heterocycles. The van der Waals surface area contributed by atoms with Crippen molar-refractivity contribution < 1.29 is 14.3 Å². The summed E-state index contributed by atoms with van der Waals surface area (Å²) in [5, 5.41) is 5.83. The highest BCUT2D eigenvalue weighted by Gasteiger charge is 2.30. The van der Waals surface area contributed by atoms with Crippen LogP contribution in [0, 0.1) is 0 Å². The number of methoxy groups -OCH3 is 2. The lowest BCUT2D eigenvalue weighted by atomic mass is 9.82. The molecule has 0 N–H and O–H groups in total. The van der Waals surface area contributed by atoms with Gasteiger partial charge in [-0.05, 0) is 35.7 Å². The van der Waals surface area contributed by atoms with Crippen LogP contribution in [-0.2, 0) is 12.2 Å². The summed E-state index contributed by atoms with van der Waals surface area (Å²) >= 11 is 7.47. The highest BCUT2D eigenvalue weighted by molar-refractivity contribution is 7.98. The zero-order valence-corrected chi connectivity index (χ0v) is 19.7. The highest BCUT2D eigenvalue weighted by atomic mass is 35.5. The number of thioether (sulfide) groups is 1. The zero-order valence-electron chi connectivity index (χ0n) is 18.1. The maximum atomic E-state index is 13.0. The summed E-state index contributed by atoms with van der Waals surface area (Å²) in [6.45, 7) is 0. The van der Waals surface area contributed by atoms with E-state index in [0.29, 0.717) is 51.6 Å². The summed E-state index contributed by atoms with van der Waals surface area (Å²) in [7, 11) is 3.24. The molecular formula is C24H21ClN4O3S. The van der Waals surface area contributed by atoms with Crippen LogP contribution in [0.2, 0.25) is 5.02 Å². The van der Waals surface area contributed by atoms with E-state index in [2.05, 4.69) is 10.1 Å². The van der Waals surface area contributed by atoms with Crippen molar-refractivity contribution in [2.24, 2.45) is 0 Å². The van der Waals surface area contributed by atoms with Crippen LogP contribution in [0.5, 0.6) is 11.5 Å². The predicted octanol–water partition coefficient (Wildman–Crippen LogP) is 5.00.